The maximum absolute atomic E-state index is 11.4. The molecule has 3 atom stereocenters. The topological polar surface area (TPSA) is 64.4 Å². The van der Waals surface area contributed by atoms with Crippen molar-refractivity contribution in [1.82, 2.24) is 0 Å². The molecule has 1 heterocycles. The minimum Gasteiger partial charge on any atom is -0.490 e. The average molecular weight is 357 g/mol. The molecule has 0 fully saturated rings. The van der Waals surface area contributed by atoms with Crippen molar-refractivity contribution in [3.63, 3.8) is 0 Å². The number of allylic oxidation sites excluding steroid dienone is 2. The maximum atomic E-state index is 11.4. The molecule has 6 heteroatoms. The molecule has 0 bridgehead atoms. The van der Waals surface area contributed by atoms with Crippen LogP contribution in [-0.4, -0.2) is 12.0 Å². The Morgan fingerprint density at radius 3 is 2.88 bits per heavy atom. The molecule has 4 rings (SSSR count). The van der Waals surface area contributed by atoms with E-state index in [1.807, 2.05) is 24.3 Å². The van der Waals surface area contributed by atoms with Gasteiger partial charge in [0.25, 0.3) is 0 Å². The van der Waals surface area contributed by atoms with Gasteiger partial charge in [0.1, 0.15) is 0 Å². The normalized spacial score (nSPS) is 23.5. The number of halogens is 1. The predicted octanol–water partition coefficient (Wildman–Crippen LogP) is 5.08. The van der Waals surface area contributed by atoms with E-state index in [1.54, 1.807) is 12.1 Å². The Morgan fingerprint density at radius 1 is 1.28 bits per heavy atom. The quantitative estimate of drug-likeness (QED) is 0.473. The highest BCUT2D eigenvalue weighted by Crippen LogP contribution is 2.50. The number of nitro groups is 1. The van der Waals surface area contributed by atoms with Crippen molar-refractivity contribution < 1.29 is 9.66 Å². The van der Waals surface area contributed by atoms with E-state index in [9.17, 15) is 10.1 Å². The van der Waals surface area contributed by atoms with Gasteiger partial charge in [0.05, 0.1) is 18.1 Å². The van der Waals surface area contributed by atoms with Crippen molar-refractivity contribution in [2.24, 2.45) is 5.92 Å². The van der Waals surface area contributed by atoms with Crippen LogP contribution in [-0.2, 0) is 0 Å². The van der Waals surface area contributed by atoms with E-state index in [0.29, 0.717) is 5.92 Å². The zero-order valence-corrected chi connectivity index (χ0v) is 14.4. The Balaban J connectivity index is 1.78. The maximum Gasteiger partial charge on any atom is 0.311 e. The van der Waals surface area contributed by atoms with Crippen LogP contribution in [0.2, 0.25) is 5.02 Å². The summed E-state index contributed by atoms with van der Waals surface area (Å²) in [6.45, 7) is 0. The lowest BCUT2D eigenvalue weighted by molar-refractivity contribution is -0.385. The number of ether oxygens (including phenoxy) is 1. The number of anilines is 1. The lowest BCUT2D eigenvalue weighted by Gasteiger charge is -2.37. The van der Waals surface area contributed by atoms with Gasteiger partial charge in [0.2, 0.25) is 0 Å². The number of nitro benzene ring substituents is 1. The van der Waals surface area contributed by atoms with Crippen LogP contribution in [0.1, 0.15) is 29.5 Å². The first-order valence-corrected chi connectivity index (χ1v) is 8.51. The van der Waals surface area contributed by atoms with Crippen molar-refractivity contribution >= 4 is 23.0 Å². The Bertz CT molecular complexity index is 881. The number of nitrogens with one attached hydrogen (secondary N) is 1. The molecule has 0 saturated carbocycles. The minimum absolute atomic E-state index is 0.00159. The second kappa shape index (κ2) is 6.08. The molecule has 0 spiro atoms. The molecule has 1 aliphatic carbocycles. The van der Waals surface area contributed by atoms with Crippen molar-refractivity contribution in [3.05, 3.63) is 74.8 Å². The molecule has 25 heavy (non-hydrogen) atoms. The molecule has 1 aliphatic heterocycles. The molecule has 0 aromatic heterocycles. The number of fused-ring (bicyclic) bond motifs is 3. The van der Waals surface area contributed by atoms with E-state index in [4.69, 9.17) is 16.3 Å². The largest absolute Gasteiger partial charge is 0.490 e. The molecule has 128 valence electrons. The summed E-state index contributed by atoms with van der Waals surface area (Å²) in [7, 11) is 1.44. The Labute approximate surface area is 150 Å². The second-order valence-electron chi connectivity index (χ2n) is 6.40. The van der Waals surface area contributed by atoms with E-state index in [2.05, 4.69) is 17.5 Å². The summed E-state index contributed by atoms with van der Waals surface area (Å²) in [5.74, 6) is 0.845. The van der Waals surface area contributed by atoms with Gasteiger partial charge in [0, 0.05) is 22.7 Å². The van der Waals surface area contributed by atoms with Crippen LogP contribution in [0.4, 0.5) is 11.4 Å². The summed E-state index contributed by atoms with van der Waals surface area (Å²) >= 11 is 6.17. The molecular formula is C19H17ClN2O3. The van der Waals surface area contributed by atoms with E-state index in [0.717, 1.165) is 22.7 Å². The molecule has 5 nitrogen and oxygen atoms in total. The Hall–Kier alpha value is -2.53. The van der Waals surface area contributed by atoms with E-state index < -0.39 is 4.92 Å². The monoisotopic (exact) mass is 356 g/mol. The van der Waals surface area contributed by atoms with Crippen LogP contribution in [0.25, 0.3) is 0 Å². The highest BCUT2D eigenvalue weighted by Gasteiger charge is 2.38. The van der Waals surface area contributed by atoms with Crippen LogP contribution in [0.5, 0.6) is 5.75 Å². The zero-order chi connectivity index (χ0) is 17.6. The van der Waals surface area contributed by atoms with Gasteiger partial charge < -0.3 is 10.1 Å². The molecular weight excluding hydrogens is 340 g/mol. The molecule has 2 aromatic carbocycles. The molecule has 1 N–H and O–H groups in total. The predicted molar refractivity (Wildman–Crippen MR) is 97.5 cm³/mol. The van der Waals surface area contributed by atoms with Gasteiger partial charge in [-0.15, -0.1) is 0 Å². The van der Waals surface area contributed by atoms with Gasteiger partial charge in [-0.2, -0.15) is 0 Å². The van der Waals surface area contributed by atoms with Gasteiger partial charge in [-0.25, -0.2) is 0 Å². The summed E-state index contributed by atoms with van der Waals surface area (Å²) < 4.78 is 5.12. The first-order valence-electron chi connectivity index (χ1n) is 8.13. The van der Waals surface area contributed by atoms with E-state index in [1.165, 1.54) is 12.7 Å². The average Bonchev–Trinajstić information content (AvgIpc) is 3.10. The first kappa shape index (κ1) is 16.0. The Morgan fingerprint density at radius 2 is 2.12 bits per heavy atom. The van der Waals surface area contributed by atoms with Gasteiger partial charge in [-0.3, -0.25) is 10.1 Å². The fraction of sp³-hybridized carbons (Fsp3) is 0.263. The van der Waals surface area contributed by atoms with Gasteiger partial charge >= 0.3 is 5.69 Å². The summed E-state index contributed by atoms with van der Waals surface area (Å²) in [5.41, 5.74) is 3.10. The lowest BCUT2D eigenvalue weighted by atomic mass is 9.77. The van der Waals surface area contributed by atoms with Crippen LogP contribution in [0.3, 0.4) is 0 Å². The van der Waals surface area contributed by atoms with Crippen molar-refractivity contribution in [3.8, 4) is 5.75 Å². The summed E-state index contributed by atoms with van der Waals surface area (Å²) in [6, 6.07) is 11.0. The van der Waals surface area contributed by atoms with Gasteiger partial charge in [-0.1, -0.05) is 29.8 Å². The van der Waals surface area contributed by atoms with Crippen molar-refractivity contribution in [1.29, 1.82) is 0 Å². The number of rotatable bonds is 3. The van der Waals surface area contributed by atoms with Crippen LogP contribution in [0.15, 0.2) is 48.6 Å². The summed E-state index contributed by atoms with van der Waals surface area (Å²) in [4.78, 5) is 11.0. The number of hydrogen-bond donors (Lipinski definition) is 1. The number of benzene rings is 2. The fourth-order valence-electron chi connectivity index (χ4n) is 3.94. The summed E-state index contributed by atoms with van der Waals surface area (Å²) in [5, 5.41) is 15.6. The first-order chi connectivity index (χ1) is 12.1. The molecule has 2 aliphatic rings. The molecule has 0 unspecified atom stereocenters. The highest BCUT2D eigenvalue weighted by molar-refractivity contribution is 6.30. The van der Waals surface area contributed by atoms with Crippen molar-refractivity contribution in [2.75, 3.05) is 12.4 Å². The Kier molecular flexibility index (Phi) is 3.88. The van der Waals surface area contributed by atoms with Crippen LogP contribution >= 0.6 is 11.6 Å². The molecule has 0 amide bonds. The number of methoxy groups -OCH3 is 1. The summed E-state index contributed by atoms with van der Waals surface area (Å²) in [6.07, 6.45) is 5.32. The minimum atomic E-state index is -0.400. The number of hydrogen-bond acceptors (Lipinski definition) is 4. The van der Waals surface area contributed by atoms with Crippen LogP contribution < -0.4 is 10.1 Å². The van der Waals surface area contributed by atoms with Gasteiger partial charge in [-0.05, 0) is 47.7 Å². The third kappa shape index (κ3) is 2.65. The van der Waals surface area contributed by atoms with Crippen LogP contribution in [0, 0.1) is 16.0 Å². The zero-order valence-electron chi connectivity index (χ0n) is 13.6. The van der Waals surface area contributed by atoms with Crippen molar-refractivity contribution in [2.45, 2.75) is 18.4 Å². The van der Waals surface area contributed by atoms with E-state index in [-0.39, 0.29) is 23.4 Å². The fourth-order valence-corrected chi connectivity index (χ4v) is 4.12. The lowest BCUT2D eigenvalue weighted by Crippen LogP contribution is -2.29. The third-order valence-corrected chi connectivity index (χ3v) is 5.32. The van der Waals surface area contributed by atoms with Gasteiger partial charge in [0.15, 0.2) is 5.75 Å². The smallest absolute Gasteiger partial charge is 0.311 e. The SMILES string of the molecule is COc1ccc([C@H]2Nc3ccc(Cl)cc3[C@H]3C=CC[C@@H]32)cc1[N+](=O)[O-]. The molecule has 0 saturated heterocycles. The molecule has 0 radical (unpaired) electrons. The standard InChI is InChI=1S/C19H17ClN2O3/c1-25-18-8-5-11(9-17(18)22(23)24)19-14-4-2-3-13(14)15-10-12(20)6-7-16(15)21-19/h2-3,5-10,13-14,19,21H,4H2,1H3/t13-,14-,19+/m0/s1. The van der Waals surface area contributed by atoms with E-state index >= 15 is 0 Å². The second-order valence-corrected chi connectivity index (χ2v) is 6.83. The highest BCUT2D eigenvalue weighted by atomic mass is 35.5. The third-order valence-electron chi connectivity index (χ3n) is 5.08. The number of nitrogens with zero attached hydrogens (tertiary/aromatic N) is 1. The molecule has 2 aromatic rings.